The van der Waals surface area contributed by atoms with Crippen LogP contribution in [-0.2, 0) is 33.4 Å². The zero-order valence-corrected chi connectivity index (χ0v) is 12.8. The Morgan fingerprint density at radius 3 is 1.57 bits per heavy atom. The van der Waals surface area contributed by atoms with Gasteiger partial charge in [-0.05, 0) is 6.92 Å². The van der Waals surface area contributed by atoms with Gasteiger partial charge in [-0.25, -0.2) is 0 Å². The molecule has 0 aromatic carbocycles. The molecule has 0 saturated carbocycles. The van der Waals surface area contributed by atoms with Crippen LogP contribution < -0.4 is 0 Å². The van der Waals surface area contributed by atoms with E-state index in [1.54, 1.807) is 0 Å². The maximum Gasteiger partial charge on any atom is 0.354 e. The Morgan fingerprint density at radius 1 is 0.913 bits per heavy atom. The topological polar surface area (TPSA) is 177 Å². The Morgan fingerprint density at radius 2 is 1.30 bits per heavy atom. The van der Waals surface area contributed by atoms with Crippen molar-refractivity contribution >= 4 is 24.2 Å². The molecular weight excluding hydrogens is 320 g/mol. The fourth-order valence-electron chi connectivity index (χ4n) is 1.66. The lowest BCUT2D eigenvalue weighted by Crippen LogP contribution is -2.75. The van der Waals surface area contributed by atoms with Crippen molar-refractivity contribution in [3.63, 3.8) is 0 Å². The van der Waals surface area contributed by atoms with Gasteiger partial charge in [0.2, 0.25) is 0 Å². The van der Waals surface area contributed by atoms with Crippen LogP contribution in [0, 0.1) is 0 Å². The Bertz CT molecular complexity index is 501. The summed E-state index contributed by atoms with van der Waals surface area (Å²) >= 11 is 0. The van der Waals surface area contributed by atoms with E-state index in [2.05, 4.69) is 14.2 Å². The molecule has 4 atom stereocenters. The van der Waals surface area contributed by atoms with Gasteiger partial charge < -0.3 is 34.6 Å². The third-order valence-electron chi connectivity index (χ3n) is 2.59. The minimum Gasteiger partial charge on any atom is -0.423 e. The predicted molar refractivity (Wildman–Crippen MR) is 67.9 cm³/mol. The molecule has 0 aliphatic rings. The van der Waals surface area contributed by atoms with Crippen molar-refractivity contribution in [2.75, 3.05) is 0 Å². The normalized spacial score (nSPS) is 20.0. The van der Waals surface area contributed by atoms with Gasteiger partial charge in [-0.2, -0.15) is 0 Å². The summed E-state index contributed by atoms with van der Waals surface area (Å²) in [4.78, 5) is 44.4. The lowest BCUT2D eigenvalue weighted by molar-refractivity contribution is -0.446. The fraction of sp³-hybridized carbons (Fsp3) is 0.667. The molecule has 132 valence electrons. The number of esters is 3. The van der Waals surface area contributed by atoms with Crippen LogP contribution >= 0.6 is 0 Å². The standard InChI is InChI=1S/C12H18O11/c1-6(14)11(19,22-8(3)16)12(20,23-9(4)17)10(18,5-13)21-7(2)15/h5-6,14,18-20H,1-4H3/t6-,10+,11+,12+/m0/s1. The minimum absolute atomic E-state index is 0.589. The van der Waals surface area contributed by atoms with Gasteiger partial charge in [-0.3, -0.25) is 19.2 Å². The van der Waals surface area contributed by atoms with Crippen LogP contribution in [0.1, 0.15) is 27.7 Å². The average molecular weight is 338 g/mol. The van der Waals surface area contributed by atoms with Crippen LogP contribution in [0.15, 0.2) is 0 Å². The van der Waals surface area contributed by atoms with E-state index in [1.165, 1.54) is 0 Å². The van der Waals surface area contributed by atoms with E-state index >= 15 is 0 Å². The highest BCUT2D eigenvalue weighted by Gasteiger charge is 2.73. The lowest BCUT2D eigenvalue weighted by atomic mass is 9.92. The van der Waals surface area contributed by atoms with Crippen LogP contribution in [0.2, 0.25) is 0 Å². The molecule has 0 fully saturated rings. The maximum atomic E-state index is 11.2. The molecule has 0 saturated heterocycles. The van der Waals surface area contributed by atoms with Crippen LogP contribution in [0.25, 0.3) is 0 Å². The molecule has 23 heavy (non-hydrogen) atoms. The second-order valence-electron chi connectivity index (χ2n) is 4.61. The van der Waals surface area contributed by atoms with Crippen LogP contribution in [-0.4, -0.2) is 68.1 Å². The van der Waals surface area contributed by atoms with E-state index in [-0.39, 0.29) is 0 Å². The summed E-state index contributed by atoms with van der Waals surface area (Å²) in [6, 6.07) is 0. The van der Waals surface area contributed by atoms with E-state index in [9.17, 15) is 39.6 Å². The highest BCUT2D eigenvalue weighted by Crippen LogP contribution is 2.38. The number of aldehydes is 1. The predicted octanol–water partition coefficient (Wildman–Crippen LogP) is -2.68. The molecule has 0 aromatic rings. The second kappa shape index (κ2) is 7.00. The third-order valence-corrected chi connectivity index (χ3v) is 2.59. The van der Waals surface area contributed by atoms with Gasteiger partial charge >= 0.3 is 35.3 Å². The Labute approximate surface area is 130 Å². The van der Waals surface area contributed by atoms with Gasteiger partial charge in [-0.15, -0.1) is 0 Å². The Kier molecular flexibility index (Phi) is 6.37. The zero-order chi connectivity index (χ0) is 18.6. The lowest BCUT2D eigenvalue weighted by Gasteiger charge is -2.46. The van der Waals surface area contributed by atoms with Crippen LogP contribution in [0.5, 0.6) is 0 Å². The number of hydrogen-bond acceptors (Lipinski definition) is 11. The summed E-state index contributed by atoms with van der Waals surface area (Å²) < 4.78 is 12.8. The zero-order valence-electron chi connectivity index (χ0n) is 12.8. The molecule has 4 N–H and O–H groups in total. The quantitative estimate of drug-likeness (QED) is 0.165. The molecule has 11 heteroatoms. The number of aliphatic hydroxyl groups is 4. The second-order valence-corrected chi connectivity index (χ2v) is 4.61. The van der Waals surface area contributed by atoms with E-state index < -0.39 is 47.7 Å². The Hall–Kier alpha value is -2.08. The first-order chi connectivity index (χ1) is 10.3. The highest BCUT2D eigenvalue weighted by atomic mass is 16.8. The summed E-state index contributed by atoms with van der Waals surface area (Å²) in [5.41, 5.74) is 0. The van der Waals surface area contributed by atoms with Crippen molar-refractivity contribution in [2.24, 2.45) is 0 Å². The van der Waals surface area contributed by atoms with Gasteiger partial charge in [0.05, 0.1) is 0 Å². The molecule has 0 spiro atoms. The first-order valence-corrected chi connectivity index (χ1v) is 6.16. The molecule has 11 nitrogen and oxygen atoms in total. The van der Waals surface area contributed by atoms with Crippen molar-refractivity contribution < 1.29 is 53.8 Å². The number of aliphatic hydroxyl groups excluding tert-OH is 1. The van der Waals surface area contributed by atoms with Crippen molar-refractivity contribution in [1.29, 1.82) is 0 Å². The van der Waals surface area contributed by atoms with Crippen molar-refractivity contribution in [2.45, 2.75) is 51.2 Å². The smallest absolute Gasteiger partial charge is 0.354 e. The molecule has 0 aliphatic carbocycles. The van der Waals surface area contributed by atoms with Crippen LogP contribution in [0.3, 0.4) is 0 Å². The molecular formula is C12H18O11. The van der Waals surface area contributed by atoms with Gasteiger partial charge in [0.15, 0.2) is 6.29 Å². The SMILES string of the molecule is CC(=O)O[C@](O)([C@@](O)(C=O)OC(C)=O)[C@](O)(OC(C)=O)[C@H](C)O. The van der Waals surface area contributed by atoms with Gasteiger partial charge in [0.1, 0.15) is 6.10 Å². The van der Waals surface area contributed by atoms with Crippen molar-refractivity contribution in [1.82, 2.24) is 0 Å². The average Bonchev–Trinajstić information content (AvgIpc) is 2.35. The van der Waals surface area contributed by atoms with E-state index in [0.717, 1.165) is 20.8 Å². The molecule has 0 heterocycles. The molecule has 0 aliphatic heterocycles. The summed E-state index contributed by atoms with van der Waals surface area (Å²) in [5, 5.41) is 40.3. The van der Waals surface area contributed by atoms with Crippen LogP contribution in [0.4, 0.5) is 0 Å². The number of carbonyl (C=O) groups excluding carboxylic acids is 4. The minimum atomic E-state index is -3.88. The van der Waals surface area contributed by atoms with Gasteiger partial charge in [-0.1, -0.05) is 0 Å². The molecule has 0 amide bonds. The fourth-order valence-corrected chi connectivity index (χ4v) is 1.66. The molecule has 0 aromatic heterocycles. The summed E-state index contributed by atoms with van der Waals surface area (Å²) in [7, 11) is 0. The number of rotatable bonds is 7. The summed E-state index contributed by atoms with van der Waals surface area (Å²) in [6.07, 6.45) is -2.80. The largest absolute Gasteiger partial charge is 0.423 e. The first-order valence-electron chi connectivity index (χ1n) is 6.16. The van der Waals surface area contributed by atoms with Crippen molar-refractivity contribution in [3.05, 3.63) is 0 Å². The van der Waals surface area contributed by atoms with Gasteiger partial charge in [0, 0.05) is 20.8 Å². The number of ether oxygens (including phenoxy) is 3. The molecule has 0 bridgehead atoms. The monoisotopic (exact) mass is 338 g/mol. The van der Waals surface area contributed by atoms with Gasteiger partial charge in [0.25, 0.3) is 0 Å². The van der Waals surface area contributed by atoms with E-state index in [1.807, 2.05) is 0 Å². The molecule has 0 rings (SSSR count). The van der Waals surface area contributed by atoms with E-state index in [0.29, 0.717) is 6.92 Å². The molecule has 0 radical (unpaired) electrons. The Balaban J connectivity index is 6.44. The molecule has 0 unspecified atom stereocenters. The summed E-state index contributed by atoms with van der Waals surface area (Å²) in [6.45, 7) is 2.93. The third kappa shape index (κ3) is 4.01. The number of hydrogen-bond donors (Lipinski definition) is 4. The van der Waals surface area contributed by atoms with E-state index in [4.69, 9.17) is 0 Å². The number of carbonyl (C=O) groups is 4. The maximum absolute atomic E-state index is 11.2. The summed E-state index contributed by atoms with van der Waals surface area (Å²) in [5.74, 6) is -15.2. The highest BCUT2D eigenvalue weighted by molar-refractivity contribution is 5.74. The first kappa shape index (κ1) is 20.9. The van der Waals surface area contributed by atoms with Crippen molar-refractivity contribution in [3.8, 4) is 0 Å².